The number of rotatable bonds is 4. The second-order valence-corrected chi connectivity index (χ2v) is 7.79. The Balaban J connectivity index is 1.77. The Bertz CT molecular complexity index is 882. The first-order chi connectivity index (χ1) is 12.6. The minimum atomic E-state index is -4.39. The van der Waals surface area contributed by atoms with Gasteiger partial charge >= 0.3 is 17.4 Å². The second kappa shape index (κ2) is 7.08. The Morgan fingerprint density at radius 1 is 1.15 bits per heavy atom. The van der Waals surface area contributed by atoms with Crippen molar-refractivity contribution in [2.75, 3.05) is 19.2 Å². The summed E-state index contributed by atoms with van der Waals surface area (Å²) in [5, 5.41) is 1.39. The third kappa shape index (κ3) is 4.06. The number of anilines is 1. The molecule has 0 fully saturated rings. The van der Waals surface area contributed by atoms with Gasteiger partial charge in [0.2, 0.25) is 0 Å². The lowest BCUT2D eigenvalue weighted by Gasteiger charge is -2.24. The molecule has 2 unspecified atom stereocenters. The fourth-order valence-electron chi connectivity index (χ4n) is 2.59. The summed E-state index contributed by atoms with van der Waals surface area (Å²) in [4.78, 5) is 5.78. The summed E-state index contributed by atoms with van der Waals surface area (Å²) in [7, 11) is 3.21. The molecule has 144 valence electrons. The van der Waals surface area contributed by atoms with E-state index in [4.69, 9.17) is 4.84 Å². The molecular weight excluding hydrogens is 381 g/mol. The molecule has 2 aromatic carbocycles. The lowest BCUT2D eigenvalue weighted by molar-refractivity contribution is -0.137. The first-order valence-electron chi connectivity index (χ1n) is 7.96. The van der Waals surface area contributed by atoms with Crippen LogP contribution in [0, 0.1) is 0 Å². The van der Waals surface area contributed by atoms with Crippen LogP contribution < -0.4 is 8.95 Å². The molecule has 0 aliphatic carbocycles. The van der Waals surface area contributed by atoms with Gasteiger partial charge in [-0.05, 0) is 35.9 Å². The van der Waals surface area contributed by atoms with Crippen molar-refractivity contribution in [3.05, 3.63) is 71.9 Å². The third-order valence-electron chi connectivity index (χ3n) is 4.28. The zero-order chi connectivity index (χ0) is 19.8. The molecule has 1 aliphatic rings. The summed E-state index contributed by atoms with van der Waals surface area (Å²) in [5.41, 5.74) is 1.12. The number of halogens is 3. The van der Waals surface area contributed by atoms with Crippen LogP contribution in [0.4, 0.5) is 24.5 Å². The molecule has 2 atom stereocenters. The van der Waals surface area contributed by atoms with Crippen molar-refractivity contribution in [2.24, 2.45) is 0 Å². The smallest absolute Gasteiger partial charge is 0.260 e. The summed E-state index contributed by atoms with van der Waals surface area (Å²) in [6.45, 7) is 0. The summed E-state index contributed by atoms with van der Waals surface area (Å²) < 4.78 is 58.8. The SMILES string of the molecule is C[N+](C)(c1cccc(C2C=CN(c3ccc(C(F)(F)F)cc3)O2)c1)S(=O)O. The van der Waals surface area contributed by atoms with Crippen molar-refractivity contribution in [1.82, 2.24) is 3.89 Å². The van der Waals surface area contributed by atoms with Gasteiger partial charge in [0.25, 0.3) is 0 Å². The van der Waals surface area contributed by atoms with E-state index in [1.807, 2.05) is 6.07 Å². The van der Waals surface area contributed by atoms with Crippen LogP contribution in [0.3, 0.4) is 0 Å². The van der Waals surface area contributed by atoms with E-state index in [1.54, 1.807) is 44.6 Å². The van der Waals surface area contributed by atoms with E-state index in [9.17, 15) is 21.9 Å². The van der Waals surface area contributed by atoms with Gasteiger partial charge in [-0.25, -0.2) is 5.06 Å². The highest BCUT2D eigenvalue weighted by Crippen LogP contribution is 2.34. The third-order valence-corrected chi connectivity index (χ3v) is 5.28. The molecule has 2 aromatic rings. The van der Waals surface area contributed by atoms with Gasteiger partial charge in [-0.3, -0.25) is 9.39 Å². The maximum atomic E-state index is 12.7. The maximum Gasteiger partial charge on any atom is 0.416 e. The largest absolute Gasteiger partial charge is 0.416 e. The Labute approximate surface area is 157 Å². The van der Waals surface area contributed by atoms with E-state index in [0.29, 0.717) is 11.4 Å². The summed E-state index contributed by atoms with van der Waals surface area (Å²) >= 11 is -2.11. The molecule has 0 spiro atoms. The molecular formula is C18H18F3N2O3S+. The number of hydrogen-bond donors (Lipinski definition) is 1. The average Bonchev–Trinajstić information content (AvgIpc) is 3.11. The van der Waals surface area contributed by atoms with E-state index < -0.39 is 29.1 Å². The maximum absolute atomic E-state index is 12.7. The number of nitrogens with zero attached hydrogens (tertiary/aromatic N) is 2. The van der Waals surface area contributed by atoms with Crippen LogP contribution in [0.2, 0.25) is 0 Å². The van der Waals surface area contributed by atoms with E-state index in [0.717, 1.165) is 17.7 Å². The van der Waals surface area contributed by atoms with Crippen molar-refractivity contribution in [2.45, 2.75) is 12.3 Å². The molecule has 0 saturated carbocycles. The van der Waals surface area contributed by atoms with Crippen molar-refractivity contribution in [1.29, 1.82) is 0 Å². The van der Waals surface area contributed by atoms with Crippen molar-refractivity contribution in [3.8, 4) is 0 Å². The van der Waals surface area contributed by atoms with Gasteiger partial charge in [0.05, 0.1) is 25.3 Å². The molecule has 27 heavy (non-hydrogen) atoms. The molecule has 9 heteroatoms. The highest BCUT2D eigenvalue weighted by molar-refractivity contribution is 7.78. The van der Waals surface area contributed by atoms with E-state index in [-0.39, 0.29) is 3.89 Å². The van der Waals surface area contributed by atoms with Crippen molar-refractivity contribution >= 4 is 22.6 Å². The lowest BCUT2D eigenvalue weighted by Crippen LogP contribution is -2.41. The number of hydroxylamine groups is 1. The summed E-state index contributed by atoms with van der Waals surface area (Å²) in [6.07, 6.45) is -1.46. The minimum absolute atomic E-state index is 0.229. The van der Waals surface area contributed by atoms with Gasteiger partial charge in [0, 0.05) is 18.3 Å². The number of alkyl halides is 3. The minimum Gasteiger partial charge on any atom is -0.260 e. The van der Waals surface area contributed by atoms with E-state index in [2.05, 4.69) is 0 Å². The van der Waals surface area contributed by atoms with Crippen LogP contribution in [0.25, 0.3) is 0 Å². The molecule has 0 bridgehead atoms. The highest BCUT2D eigenvalue weighted by atomic mass is 32.2. The number of quaternary nitrogens is 1. The van der Waals surface area contributed by atoms with Gasteiger partial charge in [0.1, 0.15) is 11.8 Å². The quantitative estimate of drug-likeness (QED) is 0.611. The monoisotopic (exact) mass is 399 g/mol. The summed E-state index contributed by atoms with van der Waals surface area (Å²) in [6, 6.07) is 11.7. The van der Waals surface area contributed by atoms with Crippen molar-refractivity contribution in [3.63, 3.8) is 0 Å². The molecule has 1 heterocycles. The standard InChI is InChI=1S/C18H17F3N2O3S/c1-23(2,27(24)25)16-5-3-4-13(12-16)17-10-11-22(26-17)15-8-6-14(7-9-15)18(19,20)21/h3-12,17H,1-2H3/p+1. The highest BCUT2D eigenvalue weighted by Gasteiger charge is 2.31. The second-order valence-electron chi connectivity index (χ2n) is 6.41. The Hall–Kier alpha value is -2.20. The Morgan fingerprint density at radius 2 is 1.81 bits per heavy atom. The first kappa shape index (κ1) is 19.6. The van der Waals surface area contributed by atoms with Gasteiger partial charge < -0.3 is 0 Å². The zero-order valence-corrected chi connectivity index (χ0v) is 15.4. The molecule has 3 rings (SSSR count). The van der Waals surface area contributed by atoms with Crippen LogP contribution >= 0.6 is 0 Å². The molecule has 5 nitrogen and oxygen atoms in total. The number of benzene rings is 2. The fraction of sp³-hybridized carbons (Fsp3) is 0.222. The van der Waals surface area contributed by atoms with Gasteiger partial charge in [-0.15, -0.1) is 0 Å². The Morgan fingerprint density at radius 3 is 2.41 bits per heavy atom. The van der Waals surface area contributed by atoms with E-state index >= 15 is 0 Å². The van der Waals surface area contributed by atoms with Crippen LogP contribution in [0.5, 0.6) is 0 Å². The Kier molecular flexibility index (Phi) is 5.13. The summed E-state index contributed by atoms with van der Waals surface area (Å²) in [5.74, 6) is 0. The van der Waals surface area contributed by atoms with Crippen molar-refractivity contribution < 1.29 is 26.8 Å². The fourth-order valence-corrected chi connectivity index (χ4v) is 2.89. The van der Waals surface area contributed by atoms with Crippen LogP contribution in [-0.4, -0.2) is 22.9 Å². The molecule has 0 amide bonds. The van der Waals surface area contributed by atoms with Gasteiger partial charge in [0.15, 0.2) is 0 Å². The predicted molar refractivity (Wildman–Crippen MR) is 97.7 cm³/mol. The molecule has 1 N–H and O–H groups in total. The molecule has 1 aliphatic heterocycles. The molecule has 0 aromatic heterocycles. The van der Waals surface area contributed by atoms with Gasteiger partial charge in [-0.2, -0.15) is 21.3 Å². The van der Waals surface area contributed by atoms with E-state index in [1.165, 1.54) is 17.2 Å². The van der Waals surface area contributed by atoms with Crippen LogP contribution in [0.1, 0.15) is 17.2 Å². The predicted octanol–water partition coefficient (Wildman–Crippen LogP) is 4.42. The van der Waals surface area contributed by atoms with Crippen LogP contribution in [0.15, 0.2) is 60.8 Å². The number of hydrogen-bond acceptors (Lipinski definition) is 3. The normalized spacial score (nSPS) is 18.7. The molecule has 0 radical (unpaired) electrons. The van der Waals surface area contributed by atoms with Gasteiger partial charge in [-0.1, -0.05) is 12.1 Å². The topological polar surface area (TPSA) is 49.8 Å². The lowest BCUT2D eigenvalue weighted by atomic mass is 10.1. The van der Waals surface area contributed by atoms with Crippen LogP contribution in [-0.2, 0) is 22.3 Å². The first-order valence-corrected chi connectivity index (χ1v) is 9.03. The molecule has 0 saturated heterocycles. The zero-order valence-electron chi connectivity index (χ0n) is 14.6. The average molecular weight is 399 g/mol.